The SMILES string of the molecule is CCCCCC(=O)Nc1ccc(C(=O)COc2ccccc2Br)cc1. The molecule has 0 atom stereocenters. The van der Waals surface area contributed by atoms with Crippen molar-refractivity contribution in [3.63, 3.8) is 0 Å². The molecule has 0 fully saturated rings. The maximum atomic E-state index is 12.2. The summed E-state index contributed by atoms with van der Waals surface area (Å²) in [6, 6.07) is 14.3. The van der Waals surface area contributed by atoms with Crippen LogP contribution in [0.25, 0.3) is 0 Å². The highest BCUT2D eigenvalue weighted by Gasteiger charge is 2.09. The average Bonchev–Trinajstić information content (AvgIpc) is 2.61. The van der Waals surface area contributed by atoms with Gasteiger partial charge in [0, 0.05) is 17.7 Å². The second-order valence-corrected chi connectivity index (χ2v) is 6.58. The zero-order valence-corrected chi connectivity index (χ0v) is 15.8. The first-order valence-corrected chi connectivity index (χ1v) is 9.20. The maximum Gasteiger partial charge on any atom is 0.224 e. The molecule has 2 rings (SSSR count). The molecule has 0 bridgehead atoms. The molecule has 0 heterocycles. The lowest BCUT2D eigenvalue weighted by atomic mass is 10.1. The van der Waals surface area contributed by atoms with E-state index in [1.54, 1.807) is 30.3 Å². The second kappa shape index (κ2) is 9.99. The molecule has 132 valence electrons. The third-order valence-corrected chi connectivity index (χ3v) is 4.35. The smallest absolute Gasteiger partial charge is 0.224 e. The van der Waals surface area contributed by atoms with Crippen molar-refractivity contribution >= 4 is 33.3 Å². The highest BCUT2D eigenvalue weighted by molar-refractivity contribution is 9.10. The fraction of sp³-hybridized carbons (Fsp3) is 0.300. The van der Waals surface area contributed by atoms with Gasteiger partial charge in [0.2, 0.25) is 5.91 Å². The Balaban J connectivity index is 1.85. The second-order valence-electron chi connectivity index (χ2n) is 5.72. The lowest BCUT2D eigenvalue weighted by molar-refractivity contribution is -0.116. The van der Waals surface area contributed by atoms with E-state index >= 15 is 0 Å². The Bertz CT molecular complexity index is 713. The topological polar surface area (TPSA) is 55.4 Å². The van der Waals surface area contributed by atoms with Gasteiger partial charge in [0.25, 0.3) is 0 Å². The molecule has 2 aromatic carbocycles. The van der Waals surface area contributed by atoms with Crippen LogP contribution in [0.5, 0.6) is 5.75 Å². The van der Waals surface area contributed by atoms with E-state index in [1.165, 1.54) is 0 Å². The van der Waals surface area contributed by atoms with Crippen LogP contribution in [0.4, 0.5) is 5.69 Å². The van der Waals surface area contributed by atoms with Gasteiger partial charge in [-0.15, -0.1) is 0 Å². The van der Waals surface area contributed by atoms with Crippen molar-refractivity contribution in [1.29, 1.82) is 0 Å². The summed E-state index contributed by atoms with van der Waals surface area (Å²) >= 11 is 3.38. The Labute approximate surface area is 156 Å². The van der Waals surface area contributed by atoms with Crippen LogP contribution < -0.4 is 10.1 Å². The van der Waals surface area contributed by atoms with Crippen molar-refractivity contribution in [1.82, 2.24) is 0 Å². The number of carbonyl (C=O) groups excluding carboxylic acids is 2. The largest absolute Gasteiger partial charge is 0.484 e. The predicted molar refractivity (Wildman–Crippen MR) is 103 cm³/mol. The van der Waals surface area contributed by atoms with Crippen LogP contribution in [-0.4, -0.2) is 18.3 Å². The fourth-order valence-electron chi connectivity index (χ4n) is 2.29. The van der Waals surface area contributed by atoms with Gasteiger partial charge in [-0.2, -0.15) is 0 Å². The molecule has 4 nitrogen and oxygen atoms in total. The number of hydrogen-bond donors (Lipinski definition) is 1. The molecule has 0 spiro atoms. The van der Waals surface area contributed by atoms with Gasteiger partial charge in [0.05, 0.1) is 4.47 Å². The van der Waals surface area contributed by atoms with E-state index in [4.69, 9.17) is 4.74 Å². The molecule has 1 N–H and O–H groups in total. The summed E-state index contributed by atoms with van der Waals surface area (Å²) < 4.78 is 6.35. The lowest BCUT2D eigenvalue weighted by Gasteiger charge is -2.08. The molecular weight excluding hydrogens is 382 g/mol. The lowest BCUT2D eigenvalue weighted by Crippen LogP contribution is -2.13. The number of anilines is 1. The molecule has 0 unspecified atom stereocenters. The van der Waals surface area contributed by atoms with Gasteiger partial charge in [-0.25, -0.2) is 0 Å². The Kier molecular flexibility index (Phi) is 7.67. The zero-order valence-electron chi connectivity index (χ0n) is 14.3. The van der Waals surface area contributed by atoms with Crippen LogP contribution in [0.2, 0.25) is 0 Å². The van der Waals surface area contributed by atoms with E-state index in [-0.39, 0.29) is 18.3 Å². The van der Waals surface area contributed by atoms with Gasteiger partial charge in [0.15, 0.2) is 12.4 Å². The van der Waals surface area contributed by atoms with Crippen LogP contribution in [0, 0.1) is 0 Å². The molecule has 2 aromatic rings. The van der Waals surface area contributed by atoms with Crippen molar-refractivity contribution in [3.05, 3.63) is 58.6 Å². The van der Waals surface area contributed by atoms with E-state index in [0.29, 0.717) is 23.4 Å². The molecule has 0 aliphatic carbocycles. The number of halogens is 1. The van der Waals surface area contributed by atoms with Crippen molar-refractivity contribution in [3.8, 4) is 5.75 Å². The summed E-state index contributed by atoms with van der Waals surface area (Å²) in [5, 5.41) is 2.84. The Morgan fingerprint density at radius 3 is 2.44 bits per heavy atom. The number of ether oxygens (including phenoxy) is 1. The van der Waals surface area contributed by atoms with Crippen molar-refractivity contribution in [2.24, 2.45) is 0 Å². The van der Waals surface area contributed by atoms with Gasteiger partial charge >= 0.3 is 0 Å². The predicted octanol–water partition coefficient (Wildman–Crippen LogP) is 5.23. The monoisotopic (exact) mass is 403 g/mol. The van der Waals surface area contributed by atoms with E-state index in [1.807, 2.05) is 18.2 Å². The number of Topliss-reactive ketones (excluding diaryl/α,β-unsaturated/α-hetero) is 1. The van der Waals surface area contributed by atoms with Crippen molar-refractivity contribution < 1.29 is 14.3 Å². The summed E-state index contributed by atoms with van der Waals surface area (Å²) in [6.45, 7) is 2.07. The number of rotatable bonds is 9. The summed E-state index contributed by atoms with van der Waals surface area (Å²) in [4.78, 5) is 24.0. The summed E-state index contributed by atoms with van der Waals surface area (Å²) in [5.74, 6) is 0.521. The number of ketones is 1. The highest BCUT2D eigenvalue weighted by atomic mass is 79.9. The molecule has 0 aliphatic rings. The minimum absolute atomic E-state index is 0.00443. The van der Waals surface area contributed by atoms with Crippen molar-refractivity contribution in [2.75, 3.05) is 11.9 Å². The quantitative estimate of drug-likeness (QED) is 0.460. The maximum absolute atomic E-state index is 12.2. The van der Waals surface area contributed by atoms with Gasteiger partial charge in [-0.3, -0.25) is 9.59 Å². The van der Waals surface area contributed by atoms with Crippen molar-refractivity contribution in [2.45, 2.75) is 32.6 Å². The van der Waals surface area contributed by atoms with Crippen LogP contribution in [0.3, 0.4) is 0 Å². The zero-order chi connectivity index (χ0) is 18.1. The van der Waals surface area contributed by atoms with E-state index in [0.717, 1.165) is 23.7 Å². The Hall–Kier alpha value is -2.14. The Morgan fingerprint density at radius 1 is 1.04 bits per heavy atom. The van der Waals surface area contributed by atoms with Crippen LogP contribution in [-0.2, 0) is 4.79 Å². The van der Waals surface area contributed by atoms with E-state index < -0.39 is 0 Å². The molecule has 25 heavy (non-hydrogen) atoms. The number of nitrogens with one attached hydrogen (secondary N) is 1. The summed E-state index contributed by atoms with van der Waals surface area (Å²) in [6.07, 6.45) is 3.56. The molecule has 0 aromatic heterocycles. The number of amides is 1. The van der Waals surface area contributed by atoms with E-state index in [9.17, 15) is 9.59 Å². The van der Waals surface area contributed by atoms with E-state index in [2.05, 4.69) is 28.2 Å². The highest BCUT2D eigenvalue weighted by Crippen LogP contribution is 2.24. The number of unbranched alkanes of at least 4 members (excludes halogenated alkanes) is 2. The normalized spacial score (nSPS) is 10.3. The molecule has 0 radical (unpaired) electrons. The molecular formula is C20H22BrNO3. The Morgan fingerprint density at radius 2 is 1.76 bits per heavy atom. The number of para-hydroxylation sites is 1. The third kappa shape index (κ3) is 6.35. The van der Waals surface area contributed by atoms with Gasteiger partial charge < -0.3 is 10.1 Å². The summed E-state index contributed by atoms with van der Waals surface area (Å²) in [5.41, 5.74) is 1.25. The first-order valence-electron chi connectivity index (χ1n) is 8.40. The van der Waals surface area contributed by atoms with Crippen LogP contribution >= 0.6 is 15.9 Å². The molecule has 0 aliphatic heterocycles. The molecule has 0 saturated heterocycles. The third-order valence-electron chi connectivity index (χ3n) is 3.69. The van der Waals surface area contributed by atoms with Crippen LogP contribution in [0.1, 0.15) is 43.0 Å². The molecule has 1 amide bonds. The average molecular weight is 404 g/mol. The first-order chi connectivity index (χ1) is 12.1. The fourth-order valence-corrected chi connectivity index (χ4v) is 2.69. The number of benzene rings is 2. The van der Waals surface area contributed by atoms with Gasteiger partial charge in [-0.1, -0.05) is 31.9 Å². The number of hydrogen-bond acceptors (Lipinski definition) is 3. The molecule has 0 saturated carbocycles. The van der Waals surface area contributed by atoms with Gasteiger partial charge in [0.1, 0.15) is 5.75 Å². The standard InChI is InChI=1S/C20H22BrNO3/c1-2-3-4-9-20(24)22-16-12-10-15(11-13-16)18(23)14-25-19-8-6-5-7-17(19)21/h5-8,10-13H,2-4,9,14H2,1H3,(H,22,24). The minimum atomic E-state index is -0.114. The van der Waals surface area contributed by atoms with Crippen LogP contribution in [0.15, 0.2) is 53.0 Å². The number of carbonyl (C=O) groups is 2. The minimum Gasteiger partial charge on any atom is -0.484 e. The van der Waals surface area contributed by atoms with Gasteiger partial charge in [-0.05, 0) is 58.7 Å². The first kappa shape index (κ1) is 19.2. The summed E-state index contributed by atoms with van der Waals surface area (Å²) in [7, 11) is 0. The molecule has 5 heteroatoms.